The molecule has 1 heterocycles. The molecule has 2 unspecified atom stereocenters. The Bertz CT molecular complexity index is 639. The Kier molecular flexibility index (Phi) is 7.41. The monoisotopic (exact) mass is 387 g/mol. The summed E-state index contributed by atoms with van der Waals surface area (Å²) in [5, 5.41) is 16.6. The minimum absolute atomic E-state index is 0.0581. The van der Waals surface area contributed by atoms with Crippen LogP contribution in [-0.2, 0) is 12.1 Å². The standard InChI is InChI=1S/C17H23Cl2N3OS/c1-3-4-5-8-24-13(2)17(23,10-22-12-20-11-21-22)15-7-6-14(18)9-16(15)19/h6-7,9,11-13,23H,3-5,8,10H2,1-2H3. The predicted molar refractivity (Wildman–Crippen MR) is 102 cm³/mol. The van der Waals surface area contributed by atoms with Crippen LogP contribution in [0, 0.1) is 0 Å². The lowest BCUT2D eigenvalue weighted by Crippen LogP contribution is -2.40. The number of hydrogen-bond acceptors (Lipinski definition) is 4. The number of aliphatic hydroxyl groups is 1. The van der Waals surface area contributed by atoms with Crippen LogP contribution in [0.4, 0.5) is 0 Å². The van der Waals surface area contributed by atoms with Gasteiger partial charge < -0.3 is 5.11 Å². The van der Waals surface area contributed by atoms with Gasteiger partial charge >= 0.3 is 0 Å². The summed E-state index contributed by atoms with van der Waals surface area (Å²) >= 11 is 14.1. The van der Waals surface area contributed by atoms with Crippen molar-refractivity contribution in [2.45, 2.75) is 50.5 Å². The third-order valence-electron chi connectivity index (χ3n) is 4.06. The lowest BCUT2D eigenvalue weighted by Gasteiger charge is -2.35. The van der Waals surface area contributed by atoms with Gasteiger partial charge in [0.1, 0.15) is 18.3 Å². The van der Waals surface area contributed by atoms with Gasteiger partial charge in [0.2, 0.25) is 0 Å². The molecule has 0 radical (unpaired) electrons. The molecule has 2 atom stereocenters. The number of halogens is 2. The molecule has 0 spiro atoms. The predicted octanol–water partition coefficient (Wildman–Crippen LogP) is 4.78. The molecule has 0 aliphatic rings. The molecule has 132 valence electrons. The maximum atomic E-state index is 11.5. The van der Waals surface area contributed by atoms with Gasteiger partial charge in [0.05, 0.1) is 6.54 Å². The van der Waals surface area contributed by atoms with E-state index < -0.39 is 5.60 Å². The van der Waals surface area contributed by atoms with Gasteiger partial charge in [-0.15, -0.1) is 0 Å². The van der Waals surface area contributed by atoms with Crippen LogP contribution in [-0.4, -0.2) is 30.9 Å². The first-order chi connectivity index (χ1) is 11.5. The molecule has 0 aliphatic carbocycles. The van der Waals surface area contributed by atoms with Crippen molar-refractivity contribution >= 4 is 35.0 Å². The van der Waals surface area contributed by atoms with Crippen molar-refractivity contribution in [1.82, 2.24) is 14.8 Å². The Morgan fingerprint density at radius 2 is 2.12 bits per heavy atom. The molecule has 1 aromatic carbocycles. The lowest BCUT2D eigenvalue weighted by molar-refractivity contribution is 0.0168. The number of aromatic nitrogens is 3. The summed E-state index contributed by atoms with van der Waals surface area (Å²) in [5.41, 5.74) is -0.494. The van der Waals surface area contributed by atoms with Gasteiger partial charge in [0.25, 0.3) is 0 Å². The zero-order valence-corrected chi connectivity index (χ0v) is 16.3. The summed E-state index contributed by atoms with van der Waals surface area (Å²) in [7, 11) is 0. The Labute approximate surface area is 157 Å². The second-order valence-corrected chi connectivity index (χ2v) is 8.15. The van der Waals surface area contributed by atoms with Crippen LogP contribution in [0.3, 0.4) is 0 Å². The van der Waals surface area contributed by atoms with Crippen molar-refractivity contribution < 1.29 is 5.11 Å². The Hall–Kier alpha value is -0.750. The highest BCUT2D eigenvalue weighted by atomic mass is 35.5. The molecule has 7 heteroatoms. The Morgan fingerprint density at radius 3 is 2.75 bits per heavy atom. The fourth-order valence-electron chi connectivity index (χ4n) is 2.58. The third-order valence-corrected chi connectivity index (χ3v) is 6.02. The lowest BCUT2D eigenvalue weighted by atomic mass is 9.90. The van der Waals surface area contributed by atoms with Crippen LogP contribution in [0.15, 0.2) is 30.9 Å². The van der Waals surface area contributed by atoms with Crippen LogP contribution in [0.5, 0.6) is 0 Å². The van der Waals surface area contributed by atoms with E-state index in [4.69, 9.17) is 23.2 Å². The zero-order valence-electron chi connectivity index (χ0n) is 14.0. The molecular formula is C17H23Cl2N3OS. The second-order valence-electron chi connectivity index (χ2n) is 5.86. The van der Waals surface area contributed by atoms with Gasteiger partial charge in [0.15, 0.2) is 0 Å². The smallest absolute Gasteiger partial charge is 0.137 e. The number of benzene rings is 1. The van der Waals surface area contributed by atoms with Crippen LogP contribution in [0.25, 0.3) is 0 Å². The summed E-state index contributed by atoms with van der Waals surface area (Å²) < 4.78 is 1.63. The molecule has 0 fully saturated rings. The van der Waals surface area contributed by atoms with Crippen LogP contribution >= 0.6 is 35.0 Å². The molecule has 2 aromatic rings. The highest BCUT2D eigenvalue weighted by molar-refractivity contribution is 7.99. The largest absolute Gasteiger partial charge is 0.382 e. The van der Waals surface area contributed by atoms with E-state index in [1.807, 2.05) is 6.92 Å². The summed E-state index contributed by atoms with van der Waals surface area (Å²) in [4.78, 5) is 3.96. The van der Waals surface area contributed by atoms with E-state index in [1.54, 1.807) is 41.0 Å². The van der Waals surface area contributed by atoms with Gasteiger partial charge in [-0.25, -0.2) is 9.67 Å². The highest BCUT2D eigenvalue weighted by Gasteiger charge is 2.38. The molecular weight excluding hydrogens is 365 g/mol. The van der Waals surface area contributed by atoms with Crippen molar-refractivity contribution in [2.75, 3.05) is 5.75 Å². The minimum Gasteiger partial charge on any atom is -0.382 e. The van der Waals surface area contributed by atoms with Crippen LogP contribution in [0.2, 0.25) is 10.0 Å². The maximum absolute atomic E-state index is 11.5. The highest BCUT2D eigenvalue weighted by Crippen LogP contribution is 2.39. The van der Waals surface area contributed by atoms with E-state index in [1.165, 1.54) is 19.2 Å². The van der Waals surface area contributed by atoms with Crippen molar-refractivity contribution in [2.24, 2.45) is 0 Å². The van der Waals surface area contributed by atoms with Crippen LogP contribution in [0.1, 0.15) is 38.7 Å². The van der Waals surface area contributed by atoms with Gasteiger partial charge in [-0.1, -0.05) is 56.0 Å². The van der Waals surface area contributed by atoms with Crippen molar-refractivity contribution in [3.8, 4) is 0 Å². The summed E-state index contributed by atoms with van der Waals surface area (Å²) in [5.74, 6) is 1.000. The van der Waals surface area contributed by atoms with E-state index >= 15 is 0 Å². The molecule has 4 nitrogen and oxygen atoms in total. The van der Waals surface area contributed by atoms with Gasteiger partial charge in [-0.05, 0) is 24.3 Å². The van der Waals surface area contributed by atoms with E-state index in [-0.39, 0.29) is 11.8 Å². The topological polar surface area (TPSA) is 50.9 Å². The van der Waals surface area contributed by atoms with Crippen molar-refractivity contribution in [1.29, 1.82) is 0 Å². The average Bonchev–Trinajstić information content (AvgIpc) is 3.03. The summed E-state index contributed by atoms with van der Waals surface area (Å²) in [6.45, 7) is 4.50. The minimum atomic E-state index is -1.16. The number of hydrogen-bond donors (Lipinski definition) is 1. The number of nitrogens with zero attached hydrogens (tertiary/aromatic N) is 3. The first-order valence-electron chi connectivity index (χ1n) is 8.09. The number of rotatable bonds is 9. The molecule has 0 amide bonds. The normalized spacial score (nSPS) is 15.2. The summed E-state index contributed by atoms with van der Waals surface area (Å²) in [6, 6.07) is 5.22. The molecule has 24 heavy (non-hydrogen) atoms. The van der Waals surface area contributed by atoms with E-state index in [2.05, 4.69) is 17.0 Å². The molecule has 0 bridgehead atoms. The fraction of sp³-hybridized carbons (Fsp3) is 0.529. The summed E-state index contributed by atoms with van der Waals surface area (Å²) in [6.07, 6.45) is 6.58. The quantitative estimate of drug-likeness (QED) is 0.628. The Morgan fingerprint density at radius 1 is 1.33 bits per heavy atom. The van der Waals surface area contributed by atoms with Crippen molar-refractivity contribution in [3.63, 3.8) is 0 Å². The zero-order chi connectivity index (χ0) is 17.6. The first kappa shape index (κ1) is 19.6. The maximum Gasteiger partial charge on any atom is 0.137 e. The Balaban J connectivity index is 2.26. The number of unbranched alkanes of at least 4 members (excludes halogenated alkanes) is 2. The van der Waals surface area contributed by atoms with Crippen LogP contribution < -0.4 is 0 Å². The first-order valence-corrected chi connectivity index (χ1v) is 9.89. The van der Waals surface area contributed by atoms with E-state index in [0.29, 0.717) is 15.6 Å². The molecule has 0 saturated carbocycles. The van der Waals surface area contributed by atoms with E-state index in [0.717, 1.165) is 12.2 Å². The molecule has 1 aromatic heterocycles. The average molecular weight is 388 g/mol. The molecule has 0 aliphatic heterocycles. The van der Waals surface area contributed by atoms with E-state index in [9.17, 15) is 5.11 Å². The number of thioether (sulfide) groups is 1. The molecule has 1 N–H and O–H groups in total. The molecule has 0 saturated heterocycles. The SMILES string of the molecule is CCCCCSC(C)C(O)(Cn1cncn1)c1ccc(Cl)cc1Cl. The van der Waals surface area contributed by atoms with Gasteiger partial charge in [-0.3, -0.25) is 0 Å². The van der Waals surface area contributed by atoms with Gasteiger partial charge in [-0.2, -0.15) is 16.9 Å². The second kappa shape index (κ2) is 9.09. The fourth-order valence-corrected chi connectivity index (χ4v) is 4.36. The van der Waals surface area contributed by atoms with Gasteiger partial charge in [0, 0.05) is 20.9 Å². The van der Waals surface area contributed by atoms with Crippen molar-refractivity contribution in [3.05, 3.63) is 46.5 Å². The molecule has 2 rings (SSSR count). The third kappa shape index (κ3) is 4.88.